The fourth-order valence-corrected chi connectivity index (χ4v) is 1.30. The summed E-state index contributed by atoms with van der Waals surface area (Å²) in [6.45, 7) is 1.81. The molecule has 0 fully saturated rings. The van der Waals surface area contributed by atoms with Crippen LogP contribution in [0.4, 0.5) is 0 Å². The summed E-state index contributed by atoms with van der Waals surface area (Å²) in [5.74, 6) is -0.564. The van der Waals surface area contributed by atoms with Crippen LogP contribution in [0, 0.1) is 12.3 Å². The van der Waals surface area contributed by atoms with E-state index in [0.717, 1.165) is 11.1 Å². The van der Waals surface area contributed by atoms with Crippen LogP contribution in [-0.2, 0) is 0 Å². The molecular weight excluding hydrogens is 192 g/mol. The van der Waals surface area contributed by atoms with Gasteiger partial charge in [0.1, 0.15) is 5.84 Å². The van der Waals surface area contributed by atoms with E-state index in [1.54, 1.807) is 38.1 Å². The van der Waals surface area contributed by atoms with Gasteiger partial charge in [0.25, 0.3) is 0 Å². The van der Waals surface area contributed by atoms with Crippen LogP contribution < -0.4 is 0 Å². The standard InChI is InChI=1S/C11H14N2O2/c1-7-6-8(11(14)15)4-5-9(7)10(12)13(2)3/h4-6,12H,1-3H3,(H,14,15). The molecule has 0 heterocycles. The number of aryl methyl sites for hydroxylation is 1. The lowest BCUT2D eigenvalue weighted by Gasteiger charge is -2.15. The van der Waals surface area contributed by atoms with Crippen LogP contribution in [0.2, 0.25) is 0 Å². The van der Waals surface area contributed by atoms with Crippen molar-refractivity contribution in [2.75, 3.05) is 14.1 Å². The van der Waals surface area contributed by atoms with Gasteiger partial charge in [0.15, 0.2) is 0 Å². The highest BCUT2D eigenvalue weighted by molar-refractivity contribution is 5.98. The van der Waals surface area contributed by atoms with E-state index in [-0.39, 0.29) is 5.56 Å². The van der Waals surface area contributed by atoms with Gasteiger partial charge in [0.05, 0.1) is 5.56 Å². The normalized spacial score (nSPS) is 9.80. The van der Waals surface area contributed by atoms with Crippen LogP contribution in [0.25, 0.3) is 0 Å². The second-order valence-corrected chi connectivity index (χ2v) is 3.58. The van der Waals surface area contributed by atoms with Crippen molar-refractivity contribution in [2.24, 2.45) is 0 Å². The fourth-order valence-electron chi connectivity index (χ4n) is 1.30. The number of hydrogen-bond acceptors (Lipinski definition) is 2. The van der Waals surface area contributed by atoms with Gasteiger partial charge in [-0.1, -0.05) is 6.07 Å². The maximum absolute atomic E-state index is 10.7. The average molecular weight is 206 g/mol. The molecule has 0 atom stereocenters. The molecule has 0 saturated heterocycles. The molecule has 4 heteroatoms. The van der Waals surface area contributed by atoms with Gasteiger partial charge in [-0.3, -0.25) is 5.41 Å². The summed E-state index contributed by atoms with van der Waals surface area (Å²) in [4.78, 5) is 12.4. The molecule has 0 aliphatic carbocycles. The number of nitrogens with one attached hydrogen (secondary N) is 1. The number of aromatic carboxylic acids is 1. The lowest BCUT2D eigenvalue weighted by Crippen LogP contribution is -2.22. The van der Waals surface area contributed by atoms with Crippen molar-refractivity contribution in [2.45, 2.75) is 6.92 Å². The third kappa shape index (κ3) is 2.34. The molecule has 1 rings (SSSR count). The highest BCUT2D eigenvalue weighted by Crippen LogP contribution is 2.12. The zero-order valence-electron chi connectivity index (χ0n) is 9.03. The van der Waals surface area contributed by atoms with Crippen LogP contribution in [0.1, 0.15) is 21.5 Å². The SMILES string of the molecule is Cc1cc(C(=O)O)ccc1C(=N)N(C)C. The maximum Gasteiger partial charge on any atom is 0.335 e. The molecule has 0 saturated carbocycles. The Morgan fingerprint density at radius 1 is 1.40 bits per heavy atom. The molecule has 4 nitrogen and oxygen atoms in total. The van der Waals surface area contributed by atoms with E-state index >= 15 is 0 Å². The number of hydrogen-bond donors (Lipinski definition) is 2. The van der Waals surface area contributed by atoms with Crippen molar-refractivity contribution in [3.05, 3.63) is 34.9 Å². The van der Waals surface area contributed by atoms with Crippen molar-refractivity contribution in [1.29, 1.82) is 5.41 Å². The van der Waals surface area contributed by atoms with E-state index in [9.17, 15) is 4.79 Å². The van der Waals surface area contributed by atoms with Crippen molar-refractivity contribution in [1.82, 2.24) is 4.90 Å². The van der Waals surface area contributed by atoms with Gasteiger partial charge in [0, 0.05) is 19.7 Å². The Labute approximate surface area is 88.7 Å². The Bertz CT molecular complexity index is 411. The van der Waals surface area contributed by atoms with Gasteiger partial charge in [0.2, 0.25) is 0 Å². The van der Waals surface area contributed by atoms with E-state index in [0.29, 0.717) is 5.84 Å². The van der Waals surface area contributed by atoms with Crippen LogP contribution in [0.5, 0.6) is 0 Å². The number of amidine groups is 1. The first kappa shape index (κ1) is 11.2. The molecule has 0 aliphatic heterocycles. The lowest BCUT2D eigenvalue weighted by molar-refractivity contribution is 0.0697. The Morgan fingerprint density at radius 2 is 2.00 bits per heavy atom. The van der Waals surface area contributed by atoms with E-state index in [1.165, 1.54) is 6.07 Å². The molecule has 2 N–H and O–H groups in total. The summed E-state index contributed by atoms with van der Waals surface area (Å²) >= 11 is 0. The molecule has 0 unspecified atom stereocenters. The predicted molar refractivity (Wildman–Crippen MR) is 58.7 cm³/mol. The number of benzene rings is 1. The molecule has 1 aromatic rings. The second-order valence-electron chi connectivity index (χ2n) is 3.58. The summed E-state index contributed by atoms with van der Waals surface area (Å²) in [7, 11) is 3.57. The number of carbonyl (C=O) groups is 1. The largest absolute Gasteiger partial charge is 0.478 e. The second kappa shape index (κ2) is 4.13. The minimum Gasteiger partial charge on any atom is -0.478 e. The van der Waals surface area contributed by atoms with Crippen LogP contribution in [-0.4, -0.2) is 35.9 Å². The summed E-state index contributed by atoms with van der Waals surface area (Å²) in [6.07, 6.45) is 0. The number of carboxylic acid groups (broad SMARTS) is 1. The summed E-state index contributed by atoms with van der Waals surface area (Å²) < 4.78 is 0. The predicted octanol–water partition coefficient (Wildman–Crippen LogP) is 1.58. The fraction of sp³-hybridized carbons (Fsp3) is 0.273. The van der Waals surface area contributed by atoms with Crippen molar-refractivity contribution in [3.8, 4) is 0 Å². The average Bonchev–Trinajstić information content (AvgIpc) is 2.16. The third-order valence-electron chi connectivity index (χ3n) is 2.18. The Kier molecular flexibility index (Phi) is 3.09. The Hall–Kier alpha value is -1.84. The van der Waals surface area contributed by atoms with E-state index in [2.05, 4.69) is 0 Å². The molecule has 15 heavy (non-hydrogen) atoms. The van der Waals surface area contributed by atoms with Crippen LogP contribution in [0.3, 0.4) is 0 Å². The quantitative estimate of drug-likeness (QED) is 0.570. The first-order valence-electron chi connectivity index (χ1n) is 4.53. The lowest BCUT2D eigenvalue weighted by atomic mass is 10.0. The Morgan fingerprint density at radius 3 is 2.40 bits per heavy atom. The molecule has 0 bridgehead atoms. The summed E-state index contributed by atoms with van der Waals surface area (Å²) in [5, 5.41) is 16.6. The third-order valence-corrected chi connectivity index (χ3v) is 2.18. The molecule has 0 spiro atoms. The van der Waals surface area contributed by atoms with Gasteiger partial charge in [-0.2, -0.15) is 0 Å². The number of carboxylic acids is 1. The monoisotopic (exact) mass is 206 g/mol. The first-order valence-corrected chi connectivity index (χ1v) is 4.53. The highest BCUT2D eigenvalue weighted by atomic mass is 16.4. The van der Waals surface area contributed by atoms with E-state index in [1.807, 2.05) is 0 Å². The van der Waals surface area contributed by atoms with Crippen LogP contribution >= 0.6 is 0 Å². The molecule has 0 radical (unpaired) electrons. The Balaban J connectivity index is 3.14. The summed E-state index contributed by atoms with van der Waals surface area (Å²) in [6, 6.07) is 4.76. The van der Waals surface area contributed by atoms with Gasteiger partial charge >= 0.3 is 5.97 Å². The van der Waals surface area contributed by atoms with E-state index < -0.39 is 5.97 Å². The van der Waals surface area contributed by atoms with Crippen molar-refractivity contribution < 1.29 is 9.90 Å². The molecule has 80 valence electrons. The van der Waals surface area contributed by atoms with Gasteiger partial charge in [-0.25, -0.2) is 4.79 Å². The van der Waals surface area contributed by atoms with Gasteiger partial charge < -0.3 is 10.0 Å². The zero-order chi connectivity index (χ0) is 11.6. The van der Waals surface area contributed by atoms with E-state index in [4.69, 9.17) is 10.5 Å². The number of rotatable bonds is 2. The minimum atomic E-state index is -0.943. The van der Waals surface area contributed by atoms with Gasteiger partial charge in [-0.15, -0.1) is 0 Å². The molecule has 1 aromatic carbocycles. The molecule has 0 amide bonds. The molecule has 0 aliphatic rings. The zero-order valence-corrected chi connectivity index (χ0v) is 9.03. The maximum atomic E-state index is 10.7. The molecular formula is C11H14N2O2. The smallest absolute Gasteiger partial charge is 0.335 e. The highest BCUT2D eigenvalue weighted by Gasteiger charge is 2.09. The topological polar surface area (TPSA) is 64.4 Å². The first-order chi connectivity index (χ1) is 6.93. The van der Waals surface area contributed by atoms with Gasteiger partial charge in [-0.05, 0) is 24.6 Å². The van der Waals surface area contributed by atoms with Crippen molar-refractivity contribution in [3.63, 3.8) is 0 Å². The minimum absolute atomic E-state index is 0.253. The molecule has 0 aromatic heterocycles. The number of nitrogens with zero attached hydrogens (tertiary/aromatic N) is 1. The summed E-state index contributed by atoms with van der Waals surface area (Å²) in [5.41, 5.74) is 1.81. The van der Waals surface area contributed by atoms with Crippen molar-refractivity contribution >= 4 is 11.8 Å². The van der Waals surface area contributed by atoms with Crippen LogP contribution in [0.15, 0.2) is 18.2 Å².